The van der Waals surface area contributed by atoms with Crippen LogP contribution in [0.4, 0.5) is 0 Å². The second kappa shape index (κ2) is 11.8. The van der Waals surface area contributed by atoms with Gasteiger partial charge in [0.25, 0.3) is 0 Å². The Morgan fingerprint density at radius 3 is 1.68 bits per heavy atom. The van der Waals surface area contributed by atoms with Crippen molar-refractivity contribution in [2.45, 2.75) is 0 Å². The highest BCUT2D eigenvalue weighted by Crippen LogP contribution is 2.47. The molecule has 0 unspecified atom stereocenters. The fourth-order valence-electron chi connectivity index (χ4n) is 8.18. The standard InChI is InChI=1S/C52H32O/c1-2-14-34(15-3-1)50-41-19-8-10-21-43(41)51(44-22-11-9-20-42(44)50)45-29-28-40(38-17-6-7-18-39(38)45)46-23-12-24-47-48-32-37(27-30-49(48)53-52(46)47)36-26-25-33-13-4-5-16-35(33)31-36/h1-32H/i6D,7D,17D,18D,28D,29D. The van der Waals surface area contributed by atoms with E-state index in [1.165, 1.54) is 0 Å². The van der Waals surface area contributed by atoms with Crippen LogP contribution in [-0.2, 0) is 0 Å². The summed E-state index contributed by atoms with van der Waals surface area (Å²) >= 11 is 0. The van der Waals surface area contributed by atoms with Crippen LogP contribution in [0, 0.1) is 0 Å². The van der Waals surface area contributed by atoms with E-state index in [1.54, 1.807) is 0 Å². The second-order valence-corrected chi connectivity index (χ2v) is 13.5. The highest BCUT2D eigenvalue weighted by molar-refractivity contribution is 6.24. The molecule has 0 saturated heterocycles. The third-order valence-electron chi connectivity index (χ3n) is 10.6. The average Bonchev–Trinajstić information content (AvgIpc) is 3.66. The number of hydrogen-bond donors (Lipinski definition) is 0. The van der Waals surface area contributed by atoms with Gasteiger partial charge in [0.2, 0.25) is 0 Å². The Labute approximate surface area is 315 Å². The fraction of sp³-hybridized carbons (Fsp3) is 0. The molecule has 0 aliphatic heterocycles. The lowest BCUT2D eigenvalue weighted by molar-refractivity contribution is 0.670. The van der Waals surface area contributed by atoms with Gasteiger partial charge in [0.05, 0.1) is 8.22 Å². The summed E-state index contributed by atoms with van der Waals surface area (Å²) in [5.41, 5.74) is 6.94. The third kappa shape index (κ3) is 4.64. The first kappa shape index (κ1) is 24.3. The topological polar surface area (TPSA) is 13.1 Å². The molecule has 0 atom stereocenters. The molecule has 1 heteroatoms. The van der Waals surface area contributed by atoms with Crippen molar-refractivity contribution < 1.29 is 12.6 Å². The molecular weight excluding hydrogens is 641 g/mol. The number of rotatable bonds is 4. The minimum Gasteiger partial charge on any atom is -0.455 e. The predicted octanol–water partition coefficient (Wildman–Crippen LogP) is 14.9. The minimum atomic E-state index is -0.405. The smallest absolute Gasteiger partial charge is 0.143 e. The molecule has 1 heterocycles. The molecule has 0 bridgehead atoms. The van der Waals surface area contributed by atoms with Crippen molar-refractivity contribution in [1.82, 2.24) is 0 Å². The summed E-state index contributed by atoms with van der Waals surface area (Å²) in [7, 11) is 0. The first-order valence-electron chi connectivity index (χ1n) is 20.8. The Hall–Kier alpha value is -6.96. The molecule has 53 heavy (non-hydrogen) atoms. The van der Waals surface area contributed by atoms with Gasteiger partial charge in [-0.3, -0.25) is 0 Å². The summed E-state index contributed by atoms with van der Waals surface area (Å²) in [4.78, 5) is 0. The van der Waals surface area contributed by atoms with Gasteiger partial charge in [-0.25, -0.2) is 0 Å². The monoisotopic (exact) mass is 678 g/mol. The predicted molar refractivity (Wildman–Crippen MR) is 225 cm³/mol. The lowest BCUT2D eigenvalue weighted by atomic mass is 9.84. The van der Waals surface area contributed by atoms with E-state index >= 15 is 0 Å². The summed E-state index contributed by atoms with van der Waals surface area (Å²) in [6.07, 6.45) is 0. The highest BCUT2D eigenvalue weighted by Gasteiger charge is 2.20. The van der Waals surface area contributed by atoms with Gasteiger partial charge < -0.3 is 4.42 Å². The van der Waals surface area contributed by atoms with Crippen LogP contribution in [0.15, 0.2) is 198 Å². The van der Waals surface area contributed by atoms with Gasteiger partial charge in [0, 0.05) is 16.3 Å². The molecule has 0 aliphatic carbocycles. The first-order valence-corrected chi connectivity index (χ1v) is 17.8. The number of hydrogen-bond acceptors (Lipinski definition) is 1. The van der Waals surface area contributed by atoms with Crippen LogP contribution < -0.4 is 0 Å². The second-order valence-electron chi connectivity index (χ2n) is 13.5. The number of para-hydroxylation sites is 1. The highest BCUT2D eigenvalue weighted by atomic mass is 16.3. The maximum absolute atomic E-state index is 9.89. The molecule has 0 saturated carbocycles. The number of fused-ring (bicyclic) bond motifs is 7. The summed E-state index contributed by atoms with van der Waals surface area (Å²) in [5.74, 6) is 0. The van der Waals surface area contributed by atoms with Gasteiger partial charge in [-0.05, 0) is 100 Å². The van der Waals surface area contributed by atoms with E-state index in [4.69, 9.17) is 7.16 Å². The Bertz CT molecular complexity index is 3510. The summed E-state index contributed by atoms with van der Waals surface area (Å²) in [5, 5.41) is 7.88. The Morgan fingerprint density at radius 1 is 0.340 bits per heavy atom. The van der Waals surface area contributed by atoms with Crippen molar-refractivity contribution in [2.24, 2.45) is 0 Å². The summed E-state index contributed by atoms with van der Waals surface area (Å²) < 4.78 is 63.1. The van der Waals surface area contributed by atoms with E-state index in [9.17, 15) is 5.48 Å². The van der Waals surface area contributed by atoms with Crippen molar-refractivity contribution in [3.05, 3.63) is 194 Å². The van der Waals surface area contributed by atoms with Gasteiger partial charge in [-0.2, -0.15) is 0 Å². The molecule has 246 valence electrons. The van der Waals surface area contributed by atoms with Crippen LogP contribution in [0.25, 0.3) is 110 Å². The molecule has 11 aromatic rings. The molecule has 0 spiro atoms. The fourth-order valence-corrected chi connectivity index (χ4v) is 8.18. The van der Waals surface area contributed by atoms with Crippen molar-refractivity contribution in [1.29, 1.82) is 0 Å². The molecule has 1 nitrogen and oxygen atoms in total. The van der Waals surface area contributed by atoms with Gasteiger partial charge in [0.15, 0.2) is 0 Å². The van der Waals surface area contributed by atoms with Crippen molar-refractivity contribution >= 4 is 65.0 Å². The maximum Gasteiger partial charge on any atom is 0.143 e. The third-order valence-corrected chi connectivity index (χ3v) is 10.6. The quantitative estimate of drug-likeness (QED) is 0.169. The molecule has 0 amide bonds. The summed E-state index contributed by atoms with van der Waals surface area (Å²) in [6, 6.07) is 50.9. The van der Waals surface area contributed by atoms with Crippen molar-refractivity contribution in [3.8, 4) is 44.5 Å². The van der Waals surface area contributed by atoms with Gasteiger partial charge in [-0.1, -0.05) is 176 Å². The zero-order valence-electron chi connectivity index (χ0n) is 34.4. The van der Waals surface area contributed by atoms with Crippen LogP contribution in [0.5, 0.6) is 0 Å². The van der Waals surface area contributed by atoms with E-state index < -0.39 is 12.1 Å². The van der Waals surface area contributed by atoms with E-state index in [0.717, 1.165) is 65.3 Å². The molecular formula is C52H32O. The SMILES string of the molecule is [2H]c1c([2H])c([2H])c2c(-c3cccc4c3oc3ccc(-c5ccc6ccccc6c5)cc34)c([2H])c([2H])c(-c3c4ccccc4c(-c4ccccc4)c4ccccc34)c2c1[2H]. The van der Waals surface area contributed by atoms with E-state index in [2.05, 4.69) is 60.7 Å². The Kier molecular flexibility index (Phi) is 5.40. The van der Waals surface area contributed by atoms with Crippen LogP contribution in [0.1, 0.15) is 8.22 Å². The van der Waals surface area contributed by atoms with E-state index in [0.29, 0.717) is 27.9 Å². The zero-order chi connectivity index (χ0) is 40.1. The molecule has 1 aromatic heterocycles. The van der Waals surface area contributed by atoms with E-state index in [1.807, 2.05) is 97.1 Å². The number of furan rings is 1. The minimum absolute atomic E-state index is 0.132. The van der Waals surface area contributed by atoms with Crippen molar-refractivity contribution in [2.75, 3.05) is 0 Å². The summed E-state index contributed by atoms with van der Waals surface area (Å²) in [6.45, 7) is 0. The number of benzene rings is 10. The molecule has 10 aromatic carbocycles. The Balaban J connectivity index is 1.22. The first-order chi connectivity index (χ1) is 28.8. The van der Waals surface area contributed by atoms with Crippen molar-refractivity contribution in [3.63, 3.8) is 0 Å². The molecule has 11 rings (SSSR count). The lowest BCUT2D eigenvalue weighted by Crippen LogP contribution is -1.92. The van der Waals surface area contributed by atoms with E-state index in [-0.39, 0.29) is 40.5 Å². The lowest BCUT2D eigenvalue weighted by Gasteiger charge is -2.19. The zero-order valence-corrected chi connectivity index (χ0v) is 28.4. The van der Waals surface area contributed by atoms with Gasteiger partial charge in [-0.15, -0.1) is 0 Å². The molecule has 0 radical (unpaired) electrons. The van der Waals surface area contributed by atoms with Crippen LogP contribution in [-0.4, -0.2) is 0 Å². The molecule has 0 aliphatic rings. The molecule has 0 fully saturated rings. The van der Waals surface area contributed by atoms with Crippen LogP contribution in [0.3, 0.4) is 0 Å². The average molecular weight is 679 g/mol. The molecule has 0 N–H and O–H groups in total. The van der Waals surface area contributed by atoms with Crippen LogP contribution >= 0.6 is 0 Å². The van der Waals surface area contributed by atoms with Crippen LogP contribution in [0.2, 0.25) is 0 Å². The van der Waals surface area contributed by atoms with Gasteiger partial charge >= 0.3 is 0 Å². The Morgan fingerprint density at radius 2 is 0.925 bits per heavy atom. The van der Waals surface area contributed by atoms with Gasteiger partial charge in [0.1, 0.15) is 11.2 Å². The maximum atomic E-state index is 9.89. The largest absolute Gasteiger partial charge is 0.455 e. The normalized spacial score (nSPS) is 13.4.